The number of nitrogens with one attached hydrogen (secondary N) is 1. The van der Waals surface area contributed by atoms with E-state index < -0.39 is 0 Å². The highest BCUT2D eigenvalue weighted by atomic mass is 32.1. The molecule has 4 rings (SSSR count). The van der Waals surface area contributed by atoms with E-state index in [1.54, 1.807) is 73.5 Å². The minimum absolute atomic E-state index is 0.261. The Morgan fingerprint density at radius 2 is 1.69 bits per heavy atom. The van der Waals surface area contributed by atoms with Gasteiger partial charge in [0.2, 0.25) is 5.88 Å². The Morgan fingerprint density at radius 1 is 0.966 bits per heavy atom. The quantitative estimate of drug-likeness (QED) is 0.517. The average Bonchev–Trinajstić information content (AvgIpc) is 3.27. The van der Waals surface area contributed by atoms with E-state index >= 15 is 0 Å². The van der Waals surface area contributed by atoms with Crippen molar-refractivity contribution in [2.45, 2.75) is 0 Å². The van der Waals surface area contributed by atoms with Gasteiger partial charge in [-0.15, -0.1) is 11.3 Å². The second kappa shape index (κ2) is 8.44. The van der Waals surface area contributed by atoms with Crippen LogP contribution in [0.4, 0.5) is 5.69 Å². The Labute approximate surface area is 170 Å². The molecule has 0 saturated heterocycles. The van der Waals surface area contributed by atoms with Crippen LogP contribution >= 0.6 is 11.3 Å². The minimum Gasteiger partial charge on any atom is -0.497 e. The number of hydrogen-bond donors (Lipinski definition) is 1. The van der Waals surface area contributed by atoms with E-state index in [0.29, 0.717) is 28.0 Å². The summed E-state index contributed by atoms with van der Waals surface area (Å²) in [5.41, 5.74) is 0.690. The van der Waals surface area contributed by atoms with E-state index in [0.717, 1.165) is 0 Å². The fraction of sp³-hybridized carbons (Fsp3) is 0.0500. The maximum absolute atomic E-state index is 12.6. The molecule has 0 saturated carbocycles. The third-order valence-electron chi connectivity index (χ3n) is 3.79. The molecule has 144 valence electrons. The predicted molar refractivity (Wildman–Crippen MR) is 108 cm³/mol. The van der Waals surface area contributed by atoms with Crippen LogP contribution in [0.25, 0.3) is 10.8 Å². The van der Waals surface area contributed by atoms with Crippen LogP contribution in [0.3, 0.4) is 0 Å². The molecule has 3 heterocycles. The molecule has 8 nitrogen and oxygen atoms in total. The largest absolute Gasteiger partial charge is 0.497 e. The van der Waals surface area contributed by atoms with Crippen molar-refractivity contribution < 1.29 is 14.3 Å². The predicted octanol–water partition coefficient (Wildman–Crippen LogP) is 4.05. The first-order valence-corrected chi connectivity index (χ1v) is 9.42. The lowest BCUT2D eigenvalue weighted by atomic mass is 10.3. The van der Waals surface area contributed by atoms with Crippen LogP contribution in [-0.2, 0) is 0 Å². The molecule has 9 heteroatoms. The molecule has 0 aliphatic rings. The monoisotopic (exact) mass is 405 g/mol. The Hall–Kier alpha value is -3.85. The number of nitrogens with zero attached hydrogens (tertiary/aromatic N) is 4. The van der Waals surface area contributed by atoms with E-state index in [1.807, 2.05) is 0 Å². The Kier molecular flexibility index (Phi) is 5.39. The lowest BCUT2D eigenvalue weighted by Gasteiger charge is -2.10. The van der Waals surface area contributed by atoms with Gasteiger partial charge in [0, 0.05) is 24.0 Å². The minimum atomic E-state index is -0.379. The zero-order valence-electron chi connectivity index (χ0n) is 15.3. The van der Waals surface area contributed by atoms with Gasteiger partial charge >= 0.3 is 0 Å². The molecular weight excluding hydrogens is 390 g/mol. The van der Waals surface area contributed by atoms with Crippen molar-refractivity contribution in [3.05, 3.63) is 72.1 Å². The Bertz CT molecular complexity index is 1120. The molecule has 3 aromatic heterocycles. The van der Waals surface area contributed by atoms with Crippen molar-refractivity contribution in [2.24, 2.45) is 0 Å². The number of aromatic nitrogens is 4. The third-order valence-corrected chi connectivity index (χ3v) is 4.63. The van der Waals surface area contributed by atoms with Crippen molar-refractivity contribution in [1.29, 1.82) is 0 Å². The number of ether oxygens (including phenoxy) is 2. The molecule has 0 spiro atoms. The molecule has 0 radical (unpaired) electrons. The van der Waals surface area contributed by atoms with Crippen LogP contribution in [0, 0.1) is 0 Å². The molecule has 1 N–H and O–H groups in total. The number of methoxy groups -OCH3 is 1. The highest BCUT2D eigenvalue weighted by molar-refractivity contribution is 7.13. The number of thiazole rings is 1. The second-order valence-electron chi connectivity index (χ2n) is 5.70. The summed E-state index contributed by atoms with van der Waals surface area (Å²) in [6.45, 7) is 0. The molecule has 0 bridgehead atoms. The van der Waals surface area contributed by atoms with Crippen molar-refractivity contribution in [3.63, 3.8) is 0 Å². The van der Waals surface area contributed by atoms with E-state index in [-0.39, 0.29) is 17.5 Å². The van der Waals surface area contributed by atoms with Gasteiger partial charge in [-0.25, -0.2) is 19.9 Å². The molecule has 0 fully saturated rings. The molecule has 1 amide bonds. The van der Waals surface area contributed by atoms with Crippen LogP contribution < -0.4 is 14.8 Å². The van der Waals surface area contributed by atoms with Crippen LogP contribution in [0.1, 0.15) is 10.5 Å². The van der Waals surface area contributed by atoms with Crippen molar-refractivity contribution >= 4 is 22.9 Å². The molecule has 0 atom stereocenters. The summed E-state index contributed by atoms with van der Waals surface area (Å²) in [5.74, 6) is 1.65. The smallest absolute Gasteiger partial charge is 0.275 e. The van der Waals surface area contributed by atoms with Crippen molar-refractivity contribution in [2.75, 3.05) is 12.4 Å². The Morgan fingerprint density at radius 3 is 2.45 bits per heavy atom. The number of benzene rings is 1. The van der Waals surface area contributed by atoms with Crippen LogP contribution in [0.2, 0.25) is 0 Å². The number of hydrogen-bond acceptors (Lipinski definition) is 8. The number of amides is 1. The highest BCUT2D eigenvalue weighted by Crippen LogP contribution is 2.29. The molecule has 29 heavy (non-hydrogen) atoms. The van der Waals surface area contributed by atoms with Crippen LogP contribution in [-0.4, -0.2) is 33.0 Å². The molecule has 0 aliphatic heterocycles. The fourth-order valence-corrected chi connectivity index (χ4v) is 3.14. The van der Waals surface area contributed by atoms with Gasteiger partial charge in [-0.3, -0.25) is 4.79 Å². The van der Waals surface area contributed by atoms with E-state index in [4.69, 9.17) is 9.47 Å². The SMILES string of the molecule is COc1ccc(Oc2ncccc2NC(=O)c2csc(-c3ncccn3)n2)cc1. The third kappa shape index (κ3) is 4.36. The summed E-state index contributed by atoms with van der Waals surface area (Å²) in [4.78, 5) is 29.5. The number of pyridine rings is 1. The second-order valence-corrected chi connectivity index (χ2v) is 6.56. The lowest BCUT2D eigenvalue weighted by molar-refractivity contribution is 0.102. The summed E-state index contributed by atoms with van der Waals surface area (Å²) in [5, 5.41) is 5.01. The number of carbonyl (C=O) groups excluding carboxylic acids is 1. The first-order valence-electron chi connectivity index (χ1n) is 8.54. The maximum atomic E-state index is 12.6. The van der Waals surface area contributed by atoms with Gasteiger partial charge in [0.25, 0.3) is 5.91 Å². The van der Waals surface area contributed by atoms with Gasteiger partial charge in [-0.05, 0) is 42.5 Å². The zero-order chi connectivity index (χ0) is 20.1. The standard InChI is InChI=1S/C20H15N5O3S/c1-27-13-5-7-14(8-6-13)28-19-15(4-2-9-23-19)24-18(26)16-12-29-20(25-16)17-21-10-3-11-22-17/h2-12H,1H3,(H,24,26). The van der Waals surface area contributed by atoms with Crippen LogP contribution in [0.5, 0.6) is 17.4 Å². The summed E-state index contributed by atoms with van der Waals surface area (Å²) in [6, 6.07) is 12.2. The highest BCUT2D eigenvalue weighted by Gasteiger charge is 2.16. The maximum Gasteiger partial charge on any atom is 0.275 e. The topological polar surface area (TPSA) is 99.1 Å². The van der Waals surface area contributed by atoms with Crippen LogP contribution in [0.15, 0.2) is 66.4 Å². The van der Waals surface area contributed by atoms with Gasteiger partial charge < -0.3 is 14.8 Å². The van der Waals surface area contributed by atoms with Gasteiger partial charge in [0.1, 0.15) is 22.9 Å². The lowest BCUT2D eigenvalue weighted by Crippen LogP contribution is -2.13. The van der Waals surface area contributed by atoms with Gasteiger partial charge in [0.05, 0.1) is 7.11 Å². The normalized spacial score (nSPS) is 10.4. The Balaban J connectivity index is 1.51. The summed E-state index contributed by atoms with van der Waals surface area (Å²) in [6.07, 6.45) is 4.84. The van der Waals surface area contributed by atoms with Gasteiger partial charge in [-0.2, -0.15) is 0 Å². The zero-order valence-corrected chi connectivity index (χ0v) is 16.1. The van der Waals surface area contributed by atoms with Crippen molar-refractivity contribution in [3.8, 4) is 28.2 Å². The summed E-state index contributed by atoms with van der Waals surface area (Å²) >= 11 is 1.30. The number of rotatable bonds is 6. The van der Waals surface area contributed by atoms with Gasteiger partial charge in [0.15, 0.2) is 10.8 Å². The van der Waals surface area contributed by atoms with E-state index in [1.165, 1.54) is 11.3 Å². The van der Waals surface area contributed by atoms with E-state index in [2.05, 4.69) is 25.3 Å². The number of carbonyl (C=O) groups is 1. The van der Waals surface area contributed by atoms with E-state index in [9.17, 15) is 4.79 Å². The van der Waals surface area contributed by atoms with Gasteiger partial charge in [-0.1, -0.05) is 0 Å². The first-order chi connectivity index (χ1) is 14.2. The summed E-state index contributed by atoms with van der Waals surface area (Å²) in [7, 11) is 1.59. The molecule has 4 aromatic rings. The first kappa shape index (κ1) is 18.5. The molecule has 0 unspecified atom stereocenters. The summed E-state index contributed by atoms with van der Waals surface area (Å²) < 4.78 is 10.9. The average molecular weight is 405 g/mol. The molecule has 0 aliphatic carbocycles. The molecular formula is C20H15N5O3S. The van der Waals surface area contributed by atoms with Crippen molar-refractivity contribution in [1.82, 2.24) is 19.9 Å². The number of anilines is 1. The fourth-order valence-electron chi connectivity index (χ4n) is 2.40. The molecule has 1 aromatic carbocycles.